The van der Waals surface area contributed by atoms with Crippen molar-refractivity contribution in [2.75, 3.05) is 6.61 Å². The Kier molecular flexibility index (Phi) is 2.41. The van der Waals surface area contributed by atoms with Crippen molar-refractivity contribution in [3.05, 3.63) is 21.4 Å². The van der Waals surface area contributed by atoms with E-state index in [0.717, 1.165) is 12.8 Å². The van der Waals surface area contributed by atoms with Crippen molar-refractivity contribution in [3.63, 3.8) is 0 Å². The van der Waals surface area contributed by atoms with Gasteiger partial charge < -0.3 is 10.8 Å². The van der Waals surface area contributed by atoms with Crippen LogP contribution >= 0.6 is 11.3 Å². The molecule has 1 aliphatic rings. The average Bonchev–Trinajstić information content (AvgIpc) is 2.68. The van der Waals surface area contributed by atoms with Crippen LogP contribution in [0.3, 0.4) is 0 Å². The number of aryl methyl sites for hydroxylation is 1. The van der Waals surface area contributed by atoms with Gasteiger partial charge in [0.2, 0.25) is 0 Å². The molecule has 0 saturated carbocycles. The predicted molar refractivity (Wildman–Crippen MR) is 59.5 cm³/mol. The second-order valence-electron chi connectivity index (χ2n) is 4.22. The summed E-state index contributed by atoms with van der Waals surface area (Å²) in [5, 5.41) is 9.41. The maximum Gasteiger partial charge on any atom is 0.0769 e. The van der Waals surface area contributed by atoms with E-state index in [2.05, 4.69) is 19.9 Å². The van der Waals surface area contributed by atoms with Gasteiger partial charge in [0, 0.05) is 9.75 Å². The molecule has 2 nitrogen and oxygen atoms in total. The summed E-state index contributed by atoms with van der Waals surface area (Å²) in [5.74, 6) is 0.361. The Morgan fingerprint density at radius 2 is 2.43 bits per heavy atom. The molecule has 0 fully saturated rings. The number of hydrogen-bond acceptors (Lipinski definition) is 3. The summed E-state index contributed by atoms with van der Waals surface area (Å²) < 4.78 is 0. The van der Waals surface area contributed by atoms with Crippen molar-refractivity contribution < 1.29 is 5.11 Å². The molecule has 0 radical (unpaired) electrons. The normalized spacial score (nSPS) is 30.7. The first-order valence-electron chi connectivity index (χ1n) is 5.13. The highest BCUT2D eigenvalue weighted by Crippen LogP contribution is 2.43. The highest BCUT2D eigenvalue weighted by molar-refractivity contribution is 7.12. The molecule has 0 aromatic carbocycles. The van der Waals surface area contributed by atoms with E-state index < -0.39 is 5.54 Å². The maximum absolute atomic E-state index is 9.41. The predicted octanol–water partition coefficient (Wildman–Crippen LogP) is 1.65. The van der Waals surface area contributed by atoms with Crippen molar-refractivity contribution in [2.24, 2.45) is 11.7 Å². The van der Waals surface area contributed by atoms with Gasteiger partial charge in [-0.15, -0.1) is 11.3 Å². The molecule has 1 aromatic heterocycles. The molecule has 0 saturated heterocycles. The monoisotopic (exact) mass is 211 g/mol. The van der Waals surface area contributed by atoms with Gasteiger partial charge in [0.05, 0.1) is 12.1 Å². The van der Waals surface area contributed by atoms with Crippen LogP contribution in [0.15, 0.2) is 6.07 Å². The molecule has 2 rings (SSSR count). The number of nitrogens with two attached hydrogens (primary N) is 1. The molecule has 2 unspecified atom stereocenters. The number of fused-ring (bicyclic) bond motifs is 1. The minimum absolute atomic E-state index is 0.0604. The SMILES string of the molecule is CCc1cc2c(s1)C(N)(CO)C(C)C2. The fourth-order valence-corrected chi connectivity index (χ4v) is 3.51. The standard InChI is InChI=1S/C11H17NOS/c1-3-9-5-8-4-7(2)11(12,6-13)10(8)14-9/h5,7,13H,3-4,6,12H2,1-2H3. The van der Waals surface area contributed by atoms with E-state index in [4.69, 9.17) is 5.73 Å². The van der Waals surface area contributed by atoms with Crippen molar-refractivity contribution in [1.82, 2.24) is 0 Å². The highest BCUT2D eigenvalue weighted by atomic mass is 32.1. The van der Waals surface area contributed by atoms with Crippen LogP contribution < -0.4 is 5.73 Å². The molecule has 2 atom stereocenters. The number of rotatable bonds is 2. The van der Waals surface area contributed by atoms with Gasteiger partial charge in [-0.05, 0) is 30.4 Å². The molecule has 1 heterocycles. The van der Waals surface area contributed by atoms with Gasteiger partial charge in [-0.1, -0.05) is 13.8 Å². The Balaban J connectivity index is 2.44. The second-order valence-corrected chi connectivity index (χ2v) is 5.36. The van der Waals surface area contributed by atoms with Gasteiger partial charge in [-0.3, -0.25) is 0 Å². The largest absolute Gasteiger partial charge is 0.394 e. The number of aliphatic hydroxyl groups is 1. The smallest absolute Gasteiger partial charge is 0.0769 e. The zero-order valence-electron chi connectivity index (χ0n) is 8.71. The number of aliphatic hydroxyl groups excluding tert-OH is 1. The third-order valence-electron chi connectivity index (χ3n) is 3.30. The Morgan fingerprint density at radius 3 is 3.00 bits per heavy atom. The fourth-order valence-electron chi connectivity index (χ4n) is 2.17. The summed E-state index contributed by atoms with van der Waals surface area (Å²) >= 11 is 1.77. The van der Waals surface area contributed by atoms with Crippen LogP contribution in [0.1, 0.15) is 29.2 Å². The summed E-state index contributed by atoms with van der Waals surface area (Å²) in [7, 11) is 0. The molecule has 1 aliphatic carbocycles. The van der Waals surface area contributed by atoms with E-state index in [-0.39, 0.29) is 6.61 Å². The molecule has 0 spiro atoms. The molecular weight excluding hydrogens is 194 g/mol. The van der Waals surface area contributed by atoms with Crippen LogP contribution in [0.25, 0.3) is 0 Å². The minimum atomic E-state index is -0.479. The molecule has 3 N–H and O–H groups in total. The first-order valence-corrected chi connectivity index (χ1v) is 5.95. The molecule has 78 valence electrons. The van der Waals surface area contributed by atoms with Crippen LogP contribution in [-0.4, -0.2) is 11.7 Å². The molecule has 0 amide bonds. The number of thiophene rings is 1. The average molecular weight is 211 g/mol. The third kappa shape index (κ3) is 1.23. The minimum Gasteiger partial charge on any atom is -0.394 e. The van der Waals surface area contributed by atoms with E-state index in [9.17, 15) is 5.11 Å². The zero-order chi connectivity index (χ0) is 10.3. The first kappa shape index (κ1) is 10.1. The topological polar surface area (TPSA) is 46.2 Å². The Labute approximate surface area is 88.8 Å². The van der Waals surface area contributed by atoms with Crippen LogP contribution in [0.2, 0.25) is 0 Å². The van der Waals surface area contributed by atoms with Gasteiger partial charge in [0.15, 0.2) is 0 Å². The Morgan fingerprint density at radius 1 is 1.71 bits per heavy atom. The lowest BCUT2D eigenvalue weighted by Gasteiger charge is -2.26. The maximum atomic E-state index is 9.41. The lowest BCUT2D eigenvalue weighted by Crippen LogP contribution is -2.43. The van der Waals surface area contributed by atoms with E-state index in [1.165, 1.54) is 15.3 Å². The molecule has 0 bridgehead atoms. The van der Waals surface area contributed by atoms with Gasteiger partial charge in [0.1, 0.15) is 0 Å². The molecule has 3 heteroatoms. The van der Waals surface area contributed by atoms with Crippen molar-refractivity contribution >= 4 is 11.3 Å². The lowest BCUT2D eigenvalue weighted by atomic mass is 9.91. The van der Waals surface area contributed by atoms with E-state index in [1.807, 2.05) is 0 Å². The van der Waals surface area contributed by atoms with Crippen molar-refractivity contribution in [2.45, 2.75) is 32.2 Å². The molecule has 0 aliphatic heterocycles. The van der Waals surface area contributed by atoms with Gasteiger partial charge in [-0.2, -0.15) is 0 Å². The quantitative estimate of drug-likeness (QED) is 0.781. The fraction of sp³-hybridized carbons (Fsp3) is 0.636. The van der Waals surface area contributed by atoms with Gasteiger partial charge >= 0.3 is 0 Å². The highest BCUT2D eigenvalue weighted by Gasteiger charge is 2.42. The summed E-state index contributed by atoms with van der Waals surface area (Å²) in [6.45, 7) is 4.33. The summed E-state index contributed by atoms with van der Waals surface area (Å²) in [4.78, 5) is 2.59. The summed E-state index contributed by atoms with van der Waals surface area (Å²) in [5.41, 5.74) is 7.12. The first-order chi connectivity index (χ1) is 6.61. The van der Waals surface area contributed by atoms with Crippen LogP contribution in [0, 0.1) is 5.92 Å². The molecular formula is C11H17NOS. The van der Waals surface area contributed by atoms with Crippen LogP contribution in [-0.2, 0) is 18.4 Å². The van der Waals surface area contributed by atoms with Crippen LogP contribution in [0.4, 0.5) is 0 Å². The summed E-state index contributed by atoms with van der Waals surface area (Å²) in [6, 6.07) is 2.25. The van der Waals surface area contributed by atoms with E-state index in [0.29, 0.717) is 5.92 Å². The van der Waals surface area contributed by atoms with E-state index in [1.54, 1.807) is 11.3 Å². The lowest BCUT2D eigenvalue weighted by molar-refractivity contribution is 0.162. The van der Waals surface area contributed by atoms with Crippen molar-refractivity contribution in [1.29, 1.82) is 0 Å². The van der Waals surface area contributed by atoms with E-state index >= 15 is 0 Å². The summed E-state index contributed by atoms with van der Waals surface area (Å²) in [6.07, 6.45) is 2.08. The Hall–Kier alpha value is -0.380. The third-order valence-corrected chi connectivity index (χ3v) is 4.81. The van der Waals surface area contributed by atoms with Crippen molar-refractivity contribution in [3.8, 4) is 0 Å². The molecule has 1 aromatic rings. The zero-order valence-corrected chi connectivity index (χ0v) is 9.53. The van der Waals surface area contributed by atoms with Gasteiger partial charge in [-0.25, -0.2) is 0 Å². The second kappa shape index (κ2) is 3.33. The number of hydrogen-bond donors (Lipinski definition) is 2. The Bertz CT molecular complexity index is 347. The van der Waals surface area contributed by atoms with Crippen LogP contribution in [0.5, 0.6) is 0 Å². The molecule has 14 heavy (non-hydrogen) atoms. The van der Waals surface area contributed by atoms with Gasteiger partial charge in [0.25, 0.3) is 0 Å².